The molecule has 0 bridgehead atoms. The van der Waals surface area contributed by atoms with Crippen molar-refractivity contribution in [1.82, 2.24) is 19.7 Å². The predicted molar refractivity (Wildman–Crippen MR) is 126 cm³/mol. The van der Waals surface area contributed by atoms with Crippen LogP contribution in [0.25, 0.3) is 11.3 Å². The lowest BCUT2D eigenvalue weighted by Gasteiger charge is -2.41. The number of carbonyl (C=O) groups is 1. The Morgan fingerprint density at radius 3 is 2.35 bits per heavy atom. The molecule has 0 aliphatic carbocycles. The zero-order chi connectivity index (χ0) is 21.0. The van der Waals surface area contributed by atoms with Gasteiger partial charge in [-0.2, -0.15) is 0 Å². The molecule has 5 nitrogen and oxygen atoms in total. The van der Waals surface area contributed by atoms with Gasteiger partial charge >= 0.3 is 0 Å². The summed E-state index contributed by atoms with van der Waals surface area (Å²) in [4.78, 5) is 24.9. The summed E-state index contributed by atoms with van der Waals surface area (Å²) in [6, 6.07) is 11.2. The molecule has 0 saturated carbocycles. The molecular formula is C25H34N4OS. The zero-order valence-electron chi connectivity index (χ0n) is 18.4. The Hall–Kier alpha value is -1.76. The van der Waals surface area contributed by atoms with E-state index in [0.29, 0.717) is 11.9 Å². The molecule has 4 heterocycles. The quantitative estimate of drug-likeness (QED) is 0.704. The molecule has 0 N–H and O–H groups in total. The molecule has 1 aromatic carbocycles. The predicted octanol–water partition coefficient (Wildman–Crippen LogP) is 4.11. The number of hydrogen-bond donors (Lipinski definition) is 0. The van der Waals surface area contributed by atoms with Crippen LogP contribution in [0.3, 0.4) is 0 Å². The van der Waals surface area contributed by atoms with Gasteiger partial charge in [-0.15, -0.1) is 11.3 Å². The summed E-state index contributed by atoms with van der Waals surface area (Å²) in [6.07, 6.45) is 6.96. The molecule has 166 valence electrons. The zero-order valence-corrected chi connectivity index (χ0v) is 19.2. The summed E-state index contributed by atoms with van der Waals surface area (Å²) in [7, 11) is 0. The van der Waals surface area contributed by atoms with E-state index in [4.69, 9.17) is 4.98 Å². The van der Waals surface area contributed by atoms with Crippen molar-refractivity contribution in [3.63, 3.8) is 0 Å². The Bertz CT molecular complexity index is 847. The lowest BCUT2D eigenvalue weighted by atomic mass is 9.92. The van der Waals surface area contributed by atoms with Gasteiger partial charge < -0.3 is 9.80 Å². The van der Waals surface area contributed by atoms with Crippen LogP contribution in [0.5, 0.6) is 0 Å². The van der Waals surface area contributed by atoms with Gasteiger partial charge in [0.1, 0.15) is 5.01 Å². The first-order valence-electron chi connectivity index (χ1n) is 12.0. The van der Waals surface area contributed by atoms with Crippen LogP contribution in [0.15, 0.2) is 35.7 Å². The molecule has 31 heavy (non-hydrogen) atoms. The standard InChI is InChI=1S/C25H34N4OS/c30-25(29-12-4-5-13-29)21-8-16-28(17-9-21)22-10-14-27(15-11-22)18-24-26-23(19-31-24)20-6-2-1-3-7-20/h1-3,6-7,19,21-22H,4-5,8-18H2. The highest BCUT2D eigenvalue weighted by Gasteiger charge is 2.33. The molecule has 1 amide bonds. The molecule has 1 aromatic heterocycles. The van der Waals surface area contributed by atoms with Crippen molar-refractivity contribution < 1.29 is 4.79 Å². The smallest absolute Gasteiger partial charge is 0.225 e. The summed E-state index contributed by atoms with van der Waals surface area (Å²) in [6.45, 7) is 7.45. The summed E-state index contributed by atoms with van der Waals surface area (Å²) >= 11 is 1.78. The van der Waals surface area contributed by atoms with Gasteiger partial charge in [0.05, 0.1) is 12.2 Å². The third-order valence-electron chi connectivity index (χ3n) is 7.35. The van der Waals surface area contributed by atoms with Crippen LogP contribution in [0.2, 0.25) is 0 Å². The van der Waals surface area contributed by atoms with Crippen molar-refractivity contribution >= 4 is 17.2 Å². The molecule has 3 saturated heterocycles. The number of nitrogens with zero attached hydrogens (tertiary/aromatic N) is 4. The minimum absolute atomic E-state index is 0.276. The average Bonchev–Trinajstić information content (AvgIpc) is 3.53. The van der Waals surface area contributed by atoms with Crippen LogP contribution < -0.4 is 0 Å². The third-order valence-corrected chi connectivity index (χ3v) is 8.18. The normalized spacial score (nSPS) is 22.3. The van der Waals surface area contributed by atoms with Crippen LogP contribution >= 0.6 is 11.3 Å². The molecule has 6 heteroatoms. The SMILES string of the molecule is O=C(C1CCN(C2CCN(Cc3nc(-c4ccccc4)cs3)CC2)CC1)N1CCCC1. The van der Waals surface area contributed by atoms with E-state index in [1.807, 2.05) is 0 Å². The van der Waals surface area contributed by atoms with E-state index in [-0.39, 0.29) is 5.92 Å². The second kappa shape index (κ2) is 9.80. The summed E-state index contributed by atoms with van der Waals surface area (Å²) in [5.41, 5.74) is 2.30. The highest BCUT2D eigenvalue weighted by atomic mass is 32.1. The second-order valence-electron chi connectivity index (χ2n) is 9.34. The molecular weight excluding hydrogens is 404 g/mol. The van der Waals surface area contributed by atoms with E-state index in [0.717, 1.165) is 64.3 Å². The number of rotatable bonds is 5. The Morgan fingerprint density at radius 2 is 1.65 bits per heavy atom. The van der Waals surface area contributed by atoms with Gasteiger partial charge in [-0.3, -0.25) is 9.69 Å². The summed E-state index contributed by atoms with van der Waals surface area (Å²) in [5.74, 6) is 0.712. The maximum absolute atomic E-state index is 12.7. The topological polar surface area (TPSA) is 39.7 Å². The van der Waals surface area contributed by atoms with Crippen molar-refractivity contribution in [3.05, 3.63) is 40.7 Å². The minimum atomic E-state index is 0.276. The van der Waals surface area contributed by atoms with Crippen LogP contribution in [0.1, 0.15) is 43.5 Å². The number of piperidine rings is 2. The summed E-state index contributed by atoms with van der Waals surface area (Å²) in [5, 5.41) is 3.41. The third kappa shape index (κ3) is 5.02. The molecule has 0 radical (unpaired) electrons. The Labute approximate surface area is 190 Å². The summed E-state index contributed by atoms with van der Waals surface area (Å²) < 4.78 is 0. The molecule has 5 rings (SSSR count). The van der Waals surface area contributed by atoms with E-state index < -0.39 is 0 Å². The Kier molecular flexibility index (Phi) is 6.67. The fraction of sp³-hybridized carbons (Fsp3) is 0.600. The van der Waals surface area contributed by atoms with Gasteiger partial charge in [0.2, 0.25) is 5.91 Å². The van der Waals surface area contributed by atoms with Crippen molar-refractivity contribution in [1.29, 1.82) is 0 Å². The number of hydrogen-bond acceptors (Lipinski definition) is 5. The minimum Gasteiger partial charge on any atom is -0.342 e. The number of carbonyl (C=O) groups excluding carboxylic acids is 1. The molecule has 2 aromatic rings. The van der Waals surface area contributed by atoms with Crippen LogP contribution in [0, 0.1) is 5.92 Å². The van der Waals surface area contributed by atoms with Crippen LogP contribution in [0.4, 0.5) is 0 Å². The van der Waals surface area contributed by atoms with Crippen molar-refractivity contribution in [3.8, 4) is 11.3 Å². The molecule has 0 unspecified atom stereocenters. The lowest BCUT2D eigenvalue weighted by molar-refractivity contribution is -0.136. The highest BCUT2D eigenvalue weighted by Crippen LogP contribution is 2.28. The number of aromatic nitrogens is 1. The number of amides is 1. The molecule has 0 spiro atoms. The first-order valence-corrected chi connectivity index (χ1v) is 12.9. The van der Waals surface area contributed by atoms with Gasteiger partial charge in [0.25, 0.3) is 0 Å². The van der Waals surface area contributed by atoms with Crippen molar-refractivity contribution in [2.24, 2.45) is 5.92 Å². The van der Waals surface area contributed by atoms with E-state index in [2.05, 4.69) is 50.4 Å². The maximum atomic E-state index is 12.7. The van der Waals surface area contributed by atoms with E-state index >= 15 is 0 Å². The van der Waals surface area contributed by atoms with Crippen molar-refractivity contribution in [2.45, 2.75) is 51.1 Å². The Morgan fingerprint density at radius 1 is 0.935 bits per heavy atom. The largest absolute Gasteiger partial charge is 0.342 e. The van der Waals surface area contributed by atoms with Crippen LogP contribution in [-0.4, -0.2) is 70.9 Å². The number of benzene rings is 1. The van der Waals surface area contributed by atoms with Gasteiger partial charge in [-0.25, -0.2) is 4.98 Å². The van der Waals surface area contributed by atoms with Crippen LogP contribution in [-0.2, 0) is 11.3 Å². The fourth-order valence-corrected chi connectivity index (χ4v) is 6.31. The van der Waals surface area contributed by atoms with E-state index in [1.165, 1.54) is 36.3 Å². The highest BCUT2D eigenvalue weighted by molar-refractivity contribution is 7.09. The Balaban J connectivity index is 1.07. The van der Waals surface area contributed by atoms with Gasteiger partial charge in [-0.05, 0) is 51.6 Å². The second-order valence-corrected chi connectivity index (χ2v) is 10.3. The van der Waals surface area contributed by atoms with Crippen molar-refractivity contribution in [2.75, 3.05) is 39.3 Å². The van der Waals surface area contributed by atoms with E-state index in [1.54, 1.807) is 11.3 Å². The monoisotopic (exact) mass is 438 g/mol. The molecule has 3 fully saturated rings. The fourth-order valence-electron chi connectivity index (χ4n) is 5.47. The van der Waals surface area contributed by atoms with Gasteiger partial charge in [-0.1, -0.05) is 30.3 Å². The lowest BCUT2D eigenvalue weighted by Crippen LogP contribution is -2.49. The number of likely N-dealkylation sites (tertiary alicyclic amines) is 3. The first kappa shape index (κ1) is 21.1. The number of thiazole rings is 1. The van der Waals surface area contributed by atoms with Gasteiger partial charge in [0.15, 0.2) is 0 Å². The van der Waals surface area contributed by atoms with E-state index in [9.17, 15) is 4.79 Å². The van der Waals surface area contributed by atoms with Gasteiger partial charge in [0, 0.05) is 49.1 Å². The first-order chi connectivity index (χ1) is 15.3. The molecule has 3 aliphatic heterocycles. The maximum Gasteiger partial charge on any atom is 0.225 e. The molecule has 0 atom stereocenters. The molecule has 3 aliphatic rings. The average molecular weight is 439 g/mol.